The molecule has 148 valence electrons. The molecule has 0 saturated heterocycles. The van der Waals surface area contributed by atoms with Crippen LogP contribution < -0.4 is 5.73 Å². The molecular weight excluding hydrogens is 374 g/mol. The Morgan fingerprint density at radius 2 is 2.14 bits per heavy atom. The molecule has 2 aliphatic rings. The molecule has 0 unspecified atom stereocenters. The van der Waals surface area contributed by atoms with Crippen molar-refractivity contribution in [3.8, 4) is 23.7 Å². The number of benzene rings is 1. The number of nitrogen functional groups attached to an aromatic ring is 1. The minimum Gasteiger partial charge on any atom is -0.460 e. The van der Waals surface area contributed by atoms with Crippen molar-refractivity contribution in [1.82, 2.24) is 9.88 Å². The lowest BCUT2D eigenvalue weighted by molar-refractivity contribution is -0.142. The second kappa shape index (κ2) is 6.79. The topological polar surface area (TPSA) is 108 Å². The van der Waals surface area contributed by atoms with E-state index in [1.54, 1.807) is 25.1 Å². The molecule has 0 saturated carbocycles. The fraction of sp³-hybridized carbons (Fsp3) is 0.286. The standard InChI is InChI=1S/C21H19N3O5/c1-4-9-24-12(2)15(18(25)28-11-10-27-3)21(19(24)26)14-8-6-5-7-13(14)16-17(21)23-20(22)29-16/h1,5-8H,9-11H2,2-3H3,(H2,22,23)/t21-/m1/s1. The van der Waals surface area contributed by atoms with Gasteiger partial charge in [-0.2, -0.15) is 4.98 Å². The first-order valence-electron chi connectivity index (χ1n) is 8.98. The van der Waals surface area contributed by atoms with E-state index in [2.05, 4.69) is 10.9 Å². The van der Waals surface area contributed by atoms with E-state index in [0.29, 0.717) is 22.6 Å². The molecule has 1 atom stereocenters. The van der Waals surface area contributed by atoms with Crippen molar-refractivity contribution < 1.29 is 23.5 Å². The number of rotatable bonds is 5. The van der Waals surface area contributed by atoms with Gasteiger partial charge in [-0.15, -0.1) is 6.42 Å². The van der Waals surface area contributed by atoms with E-state index in [9.17, 15) is 9.59 Å². The number of nitrogens with zero attached hydrogens (tertiary/aromatic N) is 2. The third-order valence-corrected chi connectivity index (χ3v) is 5.26. The zero-order valence-electron chi connectivity index (χ0n) is 16.0. The van der Waals surface area contributed by atoms with E-state index in [0.717, 1.165) is 0 Å². The van der Waals surface area contributed by atoms with Crippen LogP contribution in [0.5, 0.6) is 0 Å². The Morgan fingerprint density at radius 1 is 1.38 bits per heavy atom. The number of amides is 1. The van der Waals surface area contributed by atoms with Crippen LogP contribution in [0.2, 0.25) is 0 Å². The van der Waals surface area contributed by atoms with Gasteiger partial charge >= 0.3 is 5.97 Å². The van der Waals surface area contributed by atoms with Gasteiger partial charge in [-0.3, -0.25) is 4.79 Å². The second-order valence-corrected chi connectivity index (χ2v) is 6.71. The molecular formula is C21H19N3O5. The van der Waals surface area contributed by atoms with E-state index in [4.69, 9.17) is 26.0 Å². The molecule has 8 heteroatoms. The van der Waals surface area contributed by atoms with E-state index >= 15 is 0 Å². The maximum Gasteiger partial charge on any atom is 0.337 e. The highest BCUT2D eigenvalue weighted by molar-refractivity contribution is 6.14. The van der Waals surface area contributed by atoms with Crippen molar-refractivity contribution in [2.45, 2.75) is 12.3 Å². The van der Waals surface area contributed by atoms with Crippen molar-refractivity contribution in [2.24, 2.45) is 0 Å². The Hall–Kier alpha value is -3.57. The van der Waals surface area contributed by atoms with Gasteiger partial charge < -0.3 is 24.5 Å². The maximum absolute atomic E-state index is 13.7. The van der Waals surface area contributed by atoms with Crippen molar-refractivity contribution in [2.75, 3.05) is 32.6 Å². The van der Waals surface area contributed by atoms with Crippen LogP contribution in [0.4, 0.5) is 6.01 Å². The summed E-state index contributed by atoms with van der Waals surface area (Å²) in [4.78, 5) is 32.6. The lowest BCUT2D eigenvalue weighted by atomic mass is 9.74. The van der Waals surface area contributed by atoms with Crippen molar-refractivity contribution in [3.63, 3.8) is 0 Å². The average Bonchev–Trinajstić information content (AvgIpc) is 3.28. The largest absolute Gasteiger partial charge is 0.460 e. The number of oxazole rings is 1. The van der Waals surface area contributed by atoms with E-state index in [1.165, 1.54) is 12.0 Å². The Bertz CT molecular complexity index is 1090. The van der Waals surface area contributed by atoms with Crippen LogP contribution in [0.25, 0.3) is 11.3 Å². The number of nitrogens with two attached hydrogens (primary N) is 1. The highest BCUT2D eigenvalue weighted by Gasteiger charge is 2.63. The average molecular weight is 393 g/mol. The number of hydrogen-bond donors (Lipinski definition) is 1. The number of carbonyl (C=O) groups excluding carboxylic acids is 2. The van der Waals surface area contributed by atoms with Gasteiger partial charge in [-0.1, -0.05) is 30.2 Å². The molecule has 1 aliphatic heterocycles. The second-order valence-electron chi connectivity index (χ2n) is 6.71. The number of esters is 1. The summed E-state index contributed by atoms with van der Waals surface area (Å²) in [6.07, 6.45) is 5.48. The molecule has 0 fully saturated rings. The number of fused-ring (bicyclic) bond motifs is 5. The van der Waals surface area contributed by atoms with Crippen LogP contribution in [-0.4, -0.2) is 48.6 Å². The van der Waals surface area contributed by atoms with Crippen molar-refractivity contribution in [3.05, 3.63) is 46.8 Å². The molecule has 0 bridgehead atoms. The molecule has 2 heterocycles. The Labute approximate surface area is 167 Å². The summed E-state index contributed by atoms with van der Waals surface area (Å²) in [5.74, 6) is 1.81. The first-order valence-corrected chi connectivity index (χ1v) is 8.98. The Kier molecular flexibility index (Phi) is 4.40. The van der Waals surface area contributed by atoms with Crippen LogP contribution in [-0.2, 0) is 24.5 Å². The third kappa shape index (κ3) is 2.41. The molecule has 2 N–H and O–H groups in total. The molecule has 1 aromatic carbocycles. The number of anilines is 1. The summed E-state index contributed by atoms with van der Waals surface area (Å²) in [6, 6.07) is 7.09. The Balaban J connectivity index is 1.98. The van der Waals surface area contributed by atoms with Crippen LogP contribution in [0.3, 0.4) is 0 Å². The summed E-state index contributed by atoms with van der Waals surface area (Å²) in [5.41, 5.74) is 6.38. The number of aromatic nitrogens is 1. The van der Waals surface area contributed by atoms with Crippen molar-refractivity contribution in [1.29, 1.82) is 0 Å². The quantitative estimate of drug-likeness (QED) is 0.465. The normalized spacial score (nSPS) is 19.5. The lowest BCUT2D eigenvalue weighted by Crippen LogP contribution is -2.42. The van der Waals surface area contributed by atoms with Crippen LogP contribution in [0.1, 0.15) is 18.2 Å². The fourth-order valence-electron chi connectivity index (χ4n) is 4.12. The van der Waals surface area contributed by atoms with Crippen LogP contribution in [0.15, 0.2) is 40.0 Å². The smallest absolute Gasteiger partial charge is 0.337 e. The van der Waals surface area contributed by atoms with E-state index < -0.39 is 11.4 Å². The zero-order chi connectivity index (χ0) is 20.8. The SMILES string of the molecule is C#CCN1C(=O)[C@@]2(C(C(=O)OCCOC)=C1C)c1ccccc1-c1oc(N)nc12. The van der Waals surface area contributed by atoms with Gasteiger partial charge in [0.25, 0.3) is 6.01 Å². The number of hydrogen-bond acceptors (Lipinski definition) is 7. The van der Waals surface area contributed by atoms with E-state index in [1.807, 2.05) is 6.07 Å². The minimum atomic E-state index is -1.52. The van der Waals surface area contributed by atoms with Crippen LogP contribution >= 0.6 is 0 Å². The predicted octanol–water partition coefficient (Wildman–Crippen LogP) is 1.46. The molecule has 4 rings (SSSR count). The molecule has 1 amide bonds. The number of methoxy groups -OCH3 is 1. The van der Waals surface area contributed by atoms with E-state index in [-0.39, 0.29) is 42.9 Å². The number of ether oxygens (including phenoxy) is 2. The molecule has 2 aromatic rings. The summed E-state index contributed by atoms with van der Waals surface area (Å²) in [6.45, 7) is 1.94. The number of terminal acetylenes is 1. The first kappa shape index (κ1) is 18.8. The monoisotopic (exact) mass is 393 g/mol. The van der Waals surface area contributed by atoms with Gasteiger partial charge in [0, 0.05) is 18.4 Å². The molecule has 1 aliphatic carbocycles. The first-order chi connectivity index (χ1) is 14.0. The Morgan fingerprint density at radius 3 is 2.86 bits per heavy atom. The highest BCUT2D eigenvalue weighted by atomic mass is 16.6. The summed E-state index contributed by atoms with van der Waals surface area (Å²) >= 11 is 0. The van der Waals surface area contributed by atoms with Gasteiger partial charge in [0.15, 0.2) is 11.2 Å². The minimum absolute atomic E-state index is 0.00605. The van der Waals surface area contributed by atoms with Crippen molar-refractivity contribution >= 4 is 17.9 Å². The van der Waals surface area contributed by atoms with Gasteiger partial charge in [-0.05, 0) is 12.5 Å². The molecule has 1 aromatic heterocycles. The fourth-order valence-corrected chi connectivity index (χ4v) is 4.12. The van der Waals surface area contributed by atoms with Gasteiger partial charge in [-0.25, -0.2) is 4.79 Å². The molecule has 8 nitrogen and oxygen atoms in total. The van der Waals surface area contributed by atoms with Gasteiger partial charge in [0.05, 0.1) is 18.7 Å². The summed E-state index contributed by atoms with van der Waals surface area (Å²) < 4.78 is 16.0. The maximum atomic E-state index is 13.7. The lowest BCUT2D eigenvalue weighted by Gasteiger charge is -2.26. The van der Waals surface area contributed by atoms with Gasteiger partial charge in [0.2, 0.25) is 5.91 Å². The summed E-state index contributed by atoms with van der Waals surface area (Å²) in [7, 11) is 1.51. The van der Waals surface area contributed by atoms with Crippen LogP contribution in [0, 0.1) is 12.3 Å². The molecule has 0 radical (unpaired) electrons. The predicted molar refractivity (Wildman–Crippen MR) is 103 cm³/mol. The molecule has 1 spiro atoms. The third-order valence-electron chi connectivity index (χ3n) is 5.26. The number of carbonyl (C=O) groups is 2. The highest BCUT2D eigenvalue weighted by Crippen LogP contribution is 2.57. The zero-order valence-corrected chi connectivity index (χ0v) is 16.0. The van der Waals surface area contributed by atoms with Gasteiger partial charge in [0.1, 0.15) is 12.3 Å². The number of allylic oxidation sites excluding steroid dienone is 1. The summed E-state index contributed by atoms with van der Waals surface area (Å²) in [5, 5.41) is 0. The molecule has 29 heavy (non-hydrogen) atoms.